The number of aliphatic carboxylic acids is 1. The van der Waals surface area contributed by atoms with Crippen LogP contribution in [0.1, 0.15) is 12.8 Å². The summed E-state index contributed by atoms with van der Waals surface area (Å²) in [5.74, 6) is -0.710. The van der Waals surface area contributed by atoms with Crippen molar-refractivity contribution in [3.63, 3.8) is 0 Å². The molecule has 1 rings (SSSR count). The van der Waals surface area contributed by atoms with Crippen molar-refractivity contribution in [2.45, 2.75) is 19.0 Å². The second-order valence-corrected chi connectivity index (χ2v) is 4.56. The first kappa shape index (κ1) is 16.1. The maximum absolute atomic E-state index is 12.7. The van der Waals surface area contributed by atoms with Gasteiger partial charge in [-0.1, -0.05) is 5.92 Å². The molecule has 0 aliphatic carbocycles. The maximum Gasteiger partial charge on any atom is 0.393 e. The van der Waals surface area contributed by atoms with Crippen LogP contribution in [-0.4, -0.2) is 59.3 Å². The molecular formula is C12H15F3N2O3. The minimum atomic E-state index is -4.36. The third-order valence-corrected chi connectivity index (χ3v) is 3.03. The van der Waals surface area contributed by atoms with E-state index < -0.39 is 37.2 Å². The Balaban J connectivity index is 2.74. The molecule has 1 N–H and O–H groups in total. The summed E-state index contributed by atoms with van der Waals surface area (Å²) in [5.41, 5.74) is 0. The SMILES string of the molecule is C#CCN(CC(=O)O)C(=O)N1CCCC(C(F)(F)F)C1. The van der Waals surface area contributed by atoms with Crippen LogP contribution < -0.4 is 0 Å². The summed E-state index contributed by atoms with van der Waals surface area (Å²) in [6, 6.07) is -0.765. The van der Waals surface area contributed by atoms with E-state index in [1.807, 2.05) is 0 Å². The number of amides is 2. The predicted octanol–water partition coefficient (Wildman–Crippen LogP) is 1.40. The van der Waals surface area contributed by atoms with Crippen molar-refractivity contribution in [1.82, 2.24) is 9.80 Å². The van der Waals surface area contributed by atoms with Crippen LogP contribution in [-0.2, 0) is 4.79 Å². The summed E-state index contributed by atoms with van der Waals surface area (Å²) in [7, 11) is 0. The molecule has 1 atom stereocenters. The summed E-state index contributed by atoms with van der Waals surface area (Å²) in [6.07, 6.45) is 0.878. The van der Waals surface area contributed by atoms with Crippen LogP contribution in [0, 0.1) is 18.3 Å². The van der Waals surface area contributed by atoms with Crippen LogP contribution >= 0.6 is 0 Å². The number of rotatable bonds is 3. The molecule has 1 aliphatic heterocycles. The van der Waals surface area contributed by atoms with Gasteiger partial charge < -0.3 is 14.9 Å². The van der Waals surface area contributed by atoms with Crippen LogP contribution in [0.4, 0.5) is 18.0 Å². The van der Waals surface area contributed by atoms with Gasteiger partial charge in [-0.05, 0) is 12.8 Å². The minimum absolute atomic E-state index is 0.0264. The Morgan fingerprint density at radius 1 is 1.45 bits per heavy atom. The standard InChI is InChI=1S/C12H15F3N2O3/c1-2-5-16(8-10(18)19)11(20)17-6-3-4-9(7-17)12(13,14)15/h1,9H,3-8H2,(H,18,19). The van der Waals surface area contributed by atoms with Crippen molar-refractivity contribution in [3.05, 3.63) is 0 Å². The molecule has 0 saturated carbocycles. The lowest BCUT2D eigenvalue weighted by Crippen LogP contribution is -2.51. The van der Waals surface area contributed by atoms with Crippen LogP contribution in [0.2, 0.25) is 0 Å². The molecule has 112 valence electrons. The molecule has 0 bridgehead atoms. The molecule has 0 radical (unpaired) electrons. The van der Waals surface area contributed by atoms with Crippen molar-refractivity contribution in [2.24, 2.45) is 5.92 Å². The molecule has 0 spiro atoms. The molecule has 8 heteroatoms. The first-order chi connectivity index (χ1) is 9.25. The largest absolute Gasteiger partial charge is 0.480 e. The second kappa shape index (κ2) is 6.50. The molecule has 1 heterocycles. The van der Waals surface area contributed by atoms with Crippen LogP contribution in [0.15, 0.2) is 0 Å². The lowest BCUT2D eigenvalue weighted by molar-refractivity contribution is -0.184. The Hall–Kier alpha value is -1.91. The molecule has 1 aliphatic rings. The highest BCUT2D eigenvalue weighted by molar-refractivity contribution is 5.80. The monoisotopic (exact) mass is 292 g/mol. The van der Waals surface area contributed by atoms with Gasteiger partial charge in [0.1, 0.15) is 6.54 Å². The van der Waals surface area contributed by atoms with Gasteiger partial charge in [0.25, 0.3) is 0 Å². The van der Waals surface area contributed by atoms with Gasteiger partial charge in [0.05, 0.1) is 12.5 Å². The van der Waals surface area contributed by atoms with Gasteiger partial charge in [0.2, 0.25) is 0 Å². The lowest BCUT2D eigenvalue weighted by Gasteiger charge is -2.36. The summed E-state index contributed by atoms with van der Waals surface area (Å²) in [5, 5.41) is 8.68. The van der Waals surface area contributed by atoms with E-state index in [1.165, 1.54) is 0 Å². The van der Waals surface area contributed by atoms with Crippen LogP contribution in [0.3, 0.4) is 0 Å². The van der Waals surface area contributed by atoms with Gasteiger partial charge in [-0.2, -0.15) is 13.2 Å². The average Bonchev–Trinajstić information content (AvgIpc) is 2.36. The smallest absolute Gasteiger partial charge is 0.393 e. The van der Waals surface area contributed by atoms with Crippen molar-refractivity contribution in [1.29, 1.82) is 0 Å². The van der Waals surface area contributed by atoms with Crippen molar-refractivity contribution >= 4 is 12.0 Å². The zero-order valence-electron chi connectivity index (χ0n) is 10.7. The maximum atomic E-state index is 12.7. The Bertz CT molecular complexity index is 417. The predicted molar refractivity (Wildman–Crippen MR) is 63.8 cm³/mol. The van der Waals surface area contributed by atoms with Crippen molar-refractivity contribution in [2.75, 3.05) is 26.2 Å². The summed E-state index contributed by atoms with van der Waals surface area (Å²) in [4.78, 5) is 24.5. The number of carbonyl (C=O) groups excluding carboxylic acids is 1. The first-order valence-corrected chi connectivity index (χ1v) is 6.01. The Morgan fingerprint density at radius 3 is 2.60 bits per heavy atom. The number of nitrogens with zero attached hydrogens (tertiary/aromatic N) is 2. The fourth-order valence-electron chi connectivity index (χ4n) is 2.08. The first-order valence-electron chi connectivity index (χ1n) is 6.01. The molecule has 5 nitrogen and oxygen atoms in total. The van der Waals surface area contributed by atoms with E-state index in [0.717, 1.165) is 9.80 Å². The highest BCUT2D eigenvalue weighted by atomic mass is 19.4. The lowest BCUT2D eigenvalue weighted by atomic mass is 9.98. The second-order valence-electron chi connectivity index (χ2n) is 4.56. The molecular weight excluding hydrogens is 277 g/mol. The molecule has 0 aromatic carbocycles. The fraction of sp³-hybridized carbons (Fsp3) is 0.667. The van der Waals surface area contributed by atoms with Gasteiger partial charge in [0, 0.05) is 13.1 Å². The van der Waals surface area contributed by atoms with Crippen LogP contribution in [0.5, 0.6) is 0 Å². The Labute approximate surface area is 114 Å². The zero-order valence-corrected chi connectivity index (χ0v) is 10.7. The van der Waals surface area contributed by atoms with E-state index >= 15 is 0 Å². The third kappa shape index (κ3) is 4.33. The van der Waals surface area contributed by atoms with E-state index in [4.69, 9.17) is 11.5 Å². The zero-order chi connectivity index (χ0) is 15.3. The molecule has 1 fully saturated rings. The number of carboxylic acid groups (broad SMARTS) is 1. The van der Waals surface area contributed by atoms with Gasteiger partial charge >= 0.3 is 18.2 Å². The van der Waals surface area contributed by atoms with Gasteiger partial charge in [-0.15, -0.1) is 6.42 Å². The minimum Gasteiger partial charge on any atom is -0.480 e. The van der Waals surface area contributed by atoms with E-state index in [0.29, 0.717) is 0 Å². The van der Waals surface area contributed by atoms with Crippen LogP contribution in [0.25, 0.3) is 0 Å². The van der Waals surface area contributed by atoms with E-state index in [9.17, 15) is 22.8 Å². The van der Waals surface area contributed by atoms with Gasteiger partial charge in [0.15, 0.2) is 0 Å². The number of alkyl halides is 3. The highest BCUT2D eigenvalue weighted by Gasteiger charge is 2.43. The van der Waals surface area contributed by atoms with Gasteiger partial charge in [-0.25, -0.2) is 4.79 Å². The molecule has 1 saturated heterocycles. The van der Waals surface area contributed by atoms with E-state index in [1.54, 1.807) is 0 Å². The van der Waals surface area contributed by atoms with E-state index in [2.05, 4.69) is 5.92 Å². The Morgan fingerprint density at radius 2 is 2.10 bits per heavy atom. The number of urea groups is 1. The topological polar surface area (TPSA) is 60.9 Å². The summed E-state index contributed by atoms with van der Waals surface area (Å²) >= 11 is 0. The summed E-state index contributed by atoms with van der Waals surface area (Å²) < 4.78 is 38.0. The molecule has 0 aromatic heterocycles. The number of piperidine rings is 1. The number of carbonyl (C=O) groups is 2. The molecule has 20 heavy (non-hydrogen) atoms. The number of terminal acetylenes is 1. The highest BCUT2D eigenvalue weighted by Crippen LogP contribution is 2.33. The number of likely N-dealkylation sites (tertiary alicyclic amines) is 1. The number of hydrogen-bond acceptors (Lipinski definition) is 2. The van der Waals surface area contributed by atoms with Crippen molar-refractivity contribution in [3.8, 4) is 12.3 Å². The summed E-state index contributed by atoms with van der Waals surface area (Å²) in [6.45, 7) is -1.16. The quantitative estimate of drug-likeness (QED) is 0.800. The normalized spacial score (nSPS) is 19.3. The number of carboxylic acids is 1. The molecule has 2 amide bonds. The molecule has 1 unspecified atom stereocenters. The molecule has 0 aromatic rings. The van der Waals surface area contributed by atoms with E-state index in [-0.39, 0.29) is 25.9 Å². The average molecular weight is 292 g/mol. The third-order valence-electron chi connectivity index (χ3n) is 3.03. The number of hydrogen-bond donors (Lipinski definition) is 1. The fourth-order valence-corrected chi connectivity index (χ4v) is 2.08. The van der Waals surface area contributed by atoms with Crippen molar-refractivity contribution < 1.29 is 27.9 Å². The Kier molecular flexibility index (Phi) is 5.25. The van der Waals surface area contributed by atoms with Gasteiger partial charge in [-0.3, -0.25) is 4.79 Å². The number of halogens is 3.